The molecule has 11 nitrogen and oxygen atoms in total. The number of carbonyl (C=O) groups is 4. The molecule has 2 fully saturated rings. The Labute approximate surface area is 212 Å². The molecule has 35 heavy (non-hydrogen) atoms. The number of aliphatic hydroxyl groups is 3. The third-order valence-electron chi connectivity index (χ3n) is 6.87. The van der Waals surface area contributed by atoms with Gasteiger partial charge in [0.25, 0.3) is 0 Å². The van der Waals surface area contributed by atoms with E-state index in [0.29, 0.717) is 5.56 Å². The molecule has 8 N–H and O–H groups in total. The molecule has 2 amide bonds. The molecule has 1 aromatic carbocycles. The van der Waals surface area contributed by atoms with Gasteiger partial charge in [-0.15, -0.1) is 24.8 Å². The first-order valence-electron chi connectivity index (χ1n) is 10.5. The number of nitrogens with two attached hydrogens (primary N) is 1. The molecule has 0 spiro atoms. The molecule has 0 aromatic heterocycles. The number of fused-ring (bicyclic) bond motifs is 3. The highest BCUT2D eigenvalue weighted by molar-refractivity contribution is 6.22. The Kier molecular flexibility index (Phi) is 8.25. The Morgan fingerprint density at radius 1 is 1.17 bits per heavy atom. The van der Waals surface area contributed by atoms with Crippen molar-refractivity contribution < 1.29 is 39.6 Å². The van der Waals surface area contributed by atoms with Gasteiger partial charge in [-0.05, 0) is 31.5 Å². The molecule has 192 valence electrons. The molecule has 3 aliphatic carbocycles. The van der Waals surface area contributed by atoms with Crippen LogP contribution in [-0.4, -0.2) is 69.1 Å². The third kappa shape index (κ3) is 4.27. The fourth-order valence-corrected chi connectivity index (χ4v) is 5.46. The zero-order chi connectivity index (χ0) is 24.2. The van der Waals surface area contributed by atoms with E-state index < -0.39 is 70.8 Å². The highest BCUT2D eigenvalue weighted by Gasteiger charge is 2.65. The number of nitrogens with one attached hydrogen (secondary N) is 2. The first-order valence-corrected chi connectivity index (χ1v) is 10.5. The molecule has 0 radical (unpaired) electrons. The van der Waals surface area contributed by atoms with Crippen LogP contribution in [0.15, 0.2) is 17.7 Å². The maximum absolute atomic E-state index is 13.4. The van der Waals surface area contributed by atoms with E-state index in [4.69, 9.17) is 5.73 Å². The molecule has 0 heterocycles. The van der Waals surface area contributed by atoms with E-state index in [-0.39, 0.29) is 61.0 Å². The smallest absolute Gasteiger partial charge is 0.238 e. The topological polar surface area (TPSA) is 199 Å². The van der Waals surface area contributed by atoms with E-state index in [9.17, 15) is 39.6 Å². The van der Waals surface area contributed by atoms with Gasteiger partial charge in [0.1, 0.15) is 11.5 Å². The largest absolute Gasteiger partial charge is 0.507 e. The number of benzene rings is 1. The number of rotatable bonds is 4. The standard InChI is InChI=1S/C22H25N3O8.2ClH/c1-24-7-14(28)25-12-3-2-8-4-10-16(21(23)32)11-5-9(26)6-13(27)22(11,33)20(31)17(10)19(30)15(8)18(12)29;;/h2-3,9-11,16,24,26,29-30,33H,4-7H2,1H3,(H2,23,32)(H,25,28);2*1H. The van der Waals surface area contributed by atoms with Crippen molar-refractivity contribution in [1.29, 1.82) is 0 Å². The normalized spacial score (nSPS) is 29.1. The number of aliphatic hydroxyl groups excluding tert-OH is 2. The lowest BCUT2D eigenvalue weighted by molar-refractivity contribution is -0.173. The van der Waals surface area contributed by atoms with Gasteiger partial charge in [-0.1, -0.05) is 6.07 Å². The van der Waals surface area contributed by atoms with Crippen molar-refractivity contribution in [3.05, 3.63) is 28.8 Å². The zero-order valence-electron chi connectivity index (χ0n) is 18.6. The van der Waals surface area contributed by atoms with Crippen LogP contribution in [0.4, 0.5) is 5.69 Å². The first-order chi connectivity index (χ1) is 15.5. The lowest BCUT2D eigenvalue weighted by Gasteiger charge is -2.50. The summed E-state index contributed by atoms with van der Waals surface area (Å²) in [6, 6.07) is 2.95. The number of Topliss-reactive ketones (excluding diaryl/α,β-unsaturated/α-hetero) is 2. The lowest BCUT2D eigenvalue weighted by Crippen LogP contribution is -2.66. The molecule has 4 rings (SSSR count). The highest BCUT2D eigenvalue weighted by Crippen LogP contribution is 2.53. The van der Waals surface area contributed by atoms with Crippen LogP contribution in [0.25, 0.3) is 5.76 Å². The van der Waals surface area contributed by atoms with Crippen molar-refractivity contribution in [2.75, 3.05) is 18.9 Å². The maximum atomic E-state index is 13.4. The molecule has 5 atom stereocenters. The van der Waals surface area contributed by atoms with E-state index in [1.165, 1.54) is 12.1 Å². The number of hydrogen-bond donors (Lipinski definition) is 7. The summed E-state index contributed by atoms with van der Waals surface area (Å²) in [5.41, 5.74) is 2.87. The Bertz CT molecular complexity index is 1120. The average Bonchev–Trinajstić information content (AvgIpc) is 2.72. The lowest BCUT2D eigenvalue weighted by atomic mass is 9.53. The van der Waals surface area contributed by atoms with Crippen molar-refractivity contribution in [2.24, 2.45) is 23.5 Å². The summed E-state index contributed by atoms with van der Waals surface area (Å²) < 4.78 is 0. The van der Waals surface area contributed by atoms with Crippen molar-refractivity contribution in [1.82, 2.24) is 5.32 Å². The second-order valence-corrected chi connectivity index (χ2v) is 8.79. The van der Waals surface area contributed by atoms with Crippen LogP contribution in [0, 0.1) is 17.8 Å². The number of carbonyl (C=O) groups excluding carboxylic acids is 4. The number of hydrogen-bond acceptors (Lipinski definition) is 9. The predicted octanol–water partition coefficient (Wildman–Crippen LogP) is -0.410. The highest BCUT2D eigenvalue weighted by atomic mass is 35.5. The summed E-state index contributed by atoms with van der Waals surface area (Å²) in [7, 11) is 1.57. The van der Waals surface area contributed by atoms with Crippen LogP contribution in [0.3, 0.4) is 0 Å². The van der Waals surface area contributed by atoms with Gasteiger partial charge in [-0.3, -0.25) is 19.2 Å². The molecule has 0 aliphatic heterocycles. The van der Waals surface area contributed by atoms with Crippen molar-refractivity contribution in [3.63, 3.8) is 0 Å². The van der Waals surface area contributed by atoms with Crippen LogP contribution in [0.2, 0.25) is 0 Å². The Hall–Kier alpha value is -2.70. The molecule has 0 saturated heterocycles. The van der Waals surface area contributed by atoms with Gasteiger partial charge in [0.15, 0.2) is 11.4 Å². The third-order valence-corrected chi connectivity index (χ3v) is 6.87. The van der Waals surface area contributed by atoms with E-state index in [1.807, 2.05) is 0 Å². The van der Waals surface area contributed by atoms with Crippen molar-refractivity contribution in [3.8, 4) is 5.75 Å². The fourth-order valence-electron chi connectivity index (χ4n) is 5.46. The summed E-state index contributed by atoms with van der Waals surface area (Å²) in [5, 5.41) is 48.2. The minimum Gasteiger partial charge on any atom is -0.507 e. The van der Waals surface area contributed by atoms with E-state index in [0.717, 1.165) is 0 Å². The quantitative estimate of drug-likeness (QED) is 0.199. The minimum atomic E-state index is -2.62. The predicted molar refractivity (Wildman–Crippen MR) is 128 cm³/mol. The molecular weight excluding hydrogens is 505 g/mol. The zero-order valence-corrected chi connectivity index (χ0v) is 20.2. The Balaban J connectivity index is 0.00000216. The number of phenolic OH excluding ortho intramolecular Hbond substituents is 1. The van der Waals surface area contributed by atoms with Crippen molar-refractivity contribution in [2.45, 2.75) is 31.0 Å². The van der Waals surface area contributed by atoms with E-state index in [2.05, 4.69) is 10.6 Å². The maximum Gasteiger partial charge on any atom is 0.238 e. The summed E-state index contributed by atoms with van der Waals surface area (Å²) in [6.45, 7) is -0.0349. The van der Waals surface area contributed by atoms with Gasteiger partial charge in [0.05, 0.1) is 29.8 Å². The van der Waals surface area contributed by atoms with Gasteiger partial charge in [0.2, 0.25) is 17.6 Å². The van der Waals surface area contributed by atoms with Crippen LogP contribution in [0.1, 0.15) is 24.0 Å². The summed E-state index contributed by atoms with van der Waals surface area (Å²) >= 11 is 0. The van der Waals surface area contributed by atoms with Crippen LogP contribution < -0.4 is 16.4 Å². The van der Waals surface area contributed by atoms with Gasteiger partial charge >= 0.3 is 0 Å². The SMILES string of the molecule is CNCC(=O)Nc1ccc2c(c1O)C(O)=C1C(=O)C3(O)C(=O)CC(O)CC3C(C(N)=O)C1C2.Cl.Cl. The molecule has 3 aliphatic rings. The molecule has 5 unspecified atom stereocenters. The number of halogens is 2. The fraction of sp³-hybridized carbons (Fsp3) is 0.455. The van der Waals surface area contributed by atoms with E-state index in [1.54, 1.807) is 7.05 Å². The van der Waals surface area contributed by atoms with Crippen molar-refractivity contribution >= 4 is 59.6 Å². The summed E-state index contributed by atoms with van der Waals surface area (Å²) in [6.07, 6.45) is -1.80. The Morgan fingerprint density at radius 3 is 2.43 bits per heavy atom. The van der Waals surface area contributed by atoms with Crippen LogP contribution in [0.5, 0.6) is 5.75 Å². The Morgan fingerprint density at radius 2 is 1.83 bits per heavy atom. The molecule has 2 saturated carbocycles. The molecular formula is C22H27Cl2N3O8. The number of ketones is 2. The second kappa shape index (κ2) is 10.1. The summed E-state index contributed by atoms with van der Waals surface area (Å²) in [5.74, 6) is -7.97. The molecule has 1 aromatic rings. The number of aromatic hydroxyl groups is 1. The van der Waals surface area contributed by atoms with Crippen LogP contribution in [-0.2, 0) is 25.6 Å². The number of amides is 2. The number of likely N-dealkylation sites (N-methyl/N-ethyl adjacent to an activating group) is 1. The molecule has 13 heteroatoms. The van der Waals surface area contributed by atoms with Gasteiger partial charge in [-0.25, -0.2) is 0 Å². The molecule has 0 bridgehead atoms. The summed E-state index contributed by atoms with van der Waals surface area (Å²) in [4.78, 5) is 50.4. The number of primary amides is 1. The minimum absolute atomic E-state index is 0. The first kappa shape index (κ1) is 28.5. The number of phenols is 1. The van der Waals surface area contributed by atoms with Gasteiger partial charge in [0, 0.05) is 23.8 Å². The van der Waals surface area contributed by atoms with E-state index >= 15 is 0 Å². The second-order valence-electron chi connectivity index (χ2n) is 8.79. The average molecular weight is 532 g/mol. The van der Waals surface area contributed by atoms with Gasteiger partial charge < -0.3 is 36.8 Å². The number of anilines is 1. The monoisotopic (exact) mass is 531 g/mol. The van der Waals surface area contributed by atoms with Gasteiger partial charge in [-0.2, -0.15) is 0 Å². The van der Waals surface area contributed by atoms with Crippen LogP contribution >= 0.6 is 24.8 Å².